The van der Waals surface area contributed by atoms with Crippen LogP contribution in [-0.4, -0.2) is 10.9 Å². The highest BCUT2D eigenvalue weighted by atomic mass is 16.3. The highest BCUT2D eigenvalue weighted by Gasteiger charge is 2.15. The van der Waals surface area contributed by atoms with E-state index >= 15 is 0 Å². The number of aryl methyl sites for hydroxylation is 3. The summed E-state index contributed by atoms with van der Waals surface area (Å²) in [5.74, 6) is 0.0689. The number of aliphatic hydroxyl groups excluding tert-OH is 1. The number of rotatable bonds is 3. The molecule has 1 N–H and O–H groups in total. The third-order valence-electron chi connectivity index (χ3n) is 2.98. The average Bonchev–Trinajstić information content (AvgIpc) is 2.15. The fraction of sp³-hybridized carbons (Fsp3) is 0.400. The fourth-order valence-electron chi connectivity index (χ4n) is 2.29. The fourth-order valence-corrected chi connectivity index (χ4v) is 2.29. The van der Waals surface area contributed by atoms with Gasteiger partial charge in [0.05, 0.1) is 0 Å². The average molecular weight is 232 g/mol. The molecule has 0 aliphatic heterocycles. The van der Waals surface area contributed by atoms with E-state index in [0.29, 0.717) is 12.0 Å². The first-order valence-electron chi connectivity index (χ1n) is 5.89. The molecule has 1 rings (SSSR count). The van der Waals surface area contributed by atoms with Crippen LogP contribution in [0.3, 0.4) is 0 Å². The smallest absolute Gasteiger partial charge is 0.159 e. The molecule has 0 radical (unpaired) electrons. The van der Waals surface area contributed by atoms with Crippen molar-refractivity contribution in [1.82, 2.24) is 0 Å². The summed E-state index contributed by atoms with van der Waals surface area (Å²) in [5.41, 5.74) is 4.47. The lowest BCUT2D eigenvalue weighted by Crippen LogP contribution is -2.03. The second kappa shape index (κ2) is 5.17. The van der Waals surface area contributed by atoms with Gasteiger partial charge in [0.25, 0.3) is 0 Å². The summed E-state index contributed by atoms with van der Waals surface area (Å²) in [6.07, 6.45) is 0.550. The molecule has 0 saturated carbocycles. The molecule has 0 saturated heterocycles. The lowest BCUT2D eigenvalue weighted by atomic mass is 9.94. The maximum absolute atomic E-state index is 11.5. The summed E-state index contributed by atoms with van der Waals surface area (Å²) in [6.45, 7) is 9.31. The second-order valence-corrected chi connectivity index (χ2v) is 4.51. The van der Waals surface area contributed by atoms with Gasteiger partial charge in [-0.25, -0.2) is 0 Å². The molecule has 1 aromatic carbocycles. The van der Waals surface area contributed by atoms with Gasteiger partial charge in [0.2, 0.25) is 0 Å². The van der Waals surface area contributed by atoms with Gasteiger partial charge in [-0.05, 0) is 45.2 Å². The Bertz CT molecular complexity index is 459. The van der Waals surface area contributed by atoms with Gasteiger partial charge in [-0.2, -0.15) is 0 Å². The Hall–Kier alpha value is -1.57. The van der Waals surface area contributed by atoms with Crippen molar-refractivity contribution in [1.29, 1.82) is 0 Å². The number of ketones is 1. The monoisotopic (exact) mass is 232 g/mol. The topological polar surface area (TPSA) is 37.3 Å². The van der Waals surface area contributed by atoms with Crippen LogP contribution in [0.25, 0.3) is 5.76 Å². The van der Waals surface area contributed by atoms with E-state index in [9.17, 15) is 9.90 Å². The molecule has 0 aliphatic rings. The Morgan fingerprint density at radius 3 is 2.00 bits per heavy atom. The van der Waals surface area contributed by atoms with Crippen molar-refractivity contribution in [2.75, 3.05) is 0 Å². The molecule has 0 aromatic heterocycles. The van der Waals surface area contributed by atoms with Crippen molar-refractivity contribution in [2.24, 2.45) is 0 Å². The molecule has 0 bridgehead atoms. The maximum Gasteiger partial charge on any atom is 0.159 e. The molecule has 2 nitrogen and oxygen atoms in total. The highest BCUT2D eigenvalue weighted by Crippen LogP contribution is 2.26. The zero-order chi connectivity index (χ0) is 13.2. The number of allylic oxidation sites excluding steroid dienone is 1. The summed E-state index contributed by atoms with van der Waals surface area (Å²) in [4.78, 5) is 11.5. The van der Waals surface area contributed by atoms with Crippen molar-refractivity contribution >= 4 is 11.5 Å². The summed E-state index contributed by atoms with van der Waals surface area (Å²) in [6, 6.07) is 4.04. The van der Waals surface area contributed by atoms with Crippen molar-refractivity contribution in [3.05, 3.63) is 40.0 Å². The lowest BCUT2D eigenvalue weighted by Gasteiger charge is -2.13. The van der Waals surface area contributed by atoms with E-state index in [-0.39, 0.29) is 11.5 Å². The van der Waals surface area contributed by atoms with Crippen LogP contribution in [0.4, 0.5) is 0 Å². The van der Waals surface area contributed by atoms with Gasteiger partial charge in [-0.3, -0.25) is 4.79 Å². The number of carbonyl (C=O) groups is 1. The van der Waals surface area contributed by atoms with Crippen LogP contribution in [0.1, 0.15) is 42.5 Å². The molecule has 0 aliphatic carbocycles. The number of Topliss-reactive ketones (excluding diaryl/α,β-unsaturated/α-hetero) is 1. The lowest BCUT2D eigenvalue weighted by molar-refractivity contribution is -0.113. The zero-order valence-electron chi connectivity index (χ0n) is 11.2. The van der Waals surface area contributed by atoms with E-state index in [1.54, 1.807) is 0 Å². The van der Waals surface area contributed by atoms with Gasteiger partial charge >= 0.3 is 0 Å². The van der Waals surface area contributed by atoms with Gasteiger partial charge in [0.15, 0.2) is 5.78 Å². The molecular formula is C15H20O2. The molecule has 0 fully saturated rings. The van der Waals surface area contributed by atoms with Gasteiger partial charge in [-0.1, -0.05) is 24.6 Å². The number of hydrogen-bond acceptors (Lipinski definition) is 2. The van der Waals surface area contributed by atoms with Crippen LogP contribution in [0.15, 0.2) is 17.7 Å². The van der Waals surface area contributed by atoms with Gasteiger partial charge < -0.3 is 5.11 Å². The zero-order valence-corrected chi connectivity index (χ0v) is 11.2. The Balaban J connectivity index is 3.49. The number of hydrogen-bond donors (Lipinski definition) is 1. The quantitative estimate of drug-likeness (QED) is 0.634. The highest BCUT2D eigenvalue weighted by molar-refractivity contribution is 6.00. The van der Waals surface area contributed by atoms with E-state index in [2.05, 4.69) is 0 Å². The van der Waals surface area contributed by atoms with Crippen molar-refractivity contribution in [2.45, 2.75) is 41.0 Å². The molecule has 0 atom stereocenters. The minimum atomic E-state index is -0.0654. The summed E-state index contributed by atoms with van der Waals surface area (Å²) in [7, 11) is 0. The molecule has 2 heteroatoms. The first kappa shape index (κ1) is 13.5. The van der Waals surface area contributed by atoms with Crippen LogP contribution in [0, 0.1) is 20.8 Å². The van der Waals surface area contributed by atoms with Crippen LogP contribution in [0.2, 0.25) is 0 Å². The Morgan fingerprint density at radius 1 is 1.18 bits per heavy atom. The second-order valence-electron chi connectivity index (χ2n) is 4.51. The van der Waals surface area contributed by atoms with E-state index < -0.39 is 0 Å². The molecule has 0 heterocycles. The third-order valence-corrected chi connectivity index (χ3v) is 2.98. The predicted molar refractivity (Wildman–Crippen MR) is 71.2 cm³/mol. The van der Waals surface area contributed by atoms with Crippen LogP contribution >= 0.6 is 0 Å². The molecule has 0 spiro atoms. The van der Waals surface area contributed by atoms with Gasteiger partial charge in [0, 0.05) is 11.1 Å². The molecule has 17 heavy (non-hydrogen) atoms. The van der Waals surface area contributed by atoms with Crippen LogP contribution in [-0.2, 0) is 4.79 Å². The summed E-state index contributed by atoms with van der Waals surface area (Å²) < 4.78 is 0. The normalized spacial score (nSPS) is 12.3. The largest absolute Gasteiger partial charge is 0.507 e. The van der Waals surface area contributed by atoms with E-state index in [0.717, 1.165) is 22.3 Å². The standard InChI is InChI=1S/C15H20O2/c1-6-13(12(5)16)15(17)14-10(3)7-9(2)8-11(14)4/h7-8,17H,6H2,1-5H3/b15-13-. The molecule has 0 unspecified atom stereocenters. The summed E-state index contributed by atoms with van der Waals surface area (Å²) >= 11 is 0. The first-order chi connectivity index (χ1) is 7.88. The van der Waals surface area contributed by atoms with Gasteiger partial charge in [-0.15, -0.1) is 0 Å². The van der Waals surface area contributed by atoms with Crippen molar-refractivity contribution in [3.63, 3.8) is 0 Å². The minimum Gasteiger partial charge on any atom is -0.507 e. The van der Waals surface area contributed by atoms with Crippen molar-refractivity contribution < 1.29 is 9.90 Å². The number of carbonyl (C=O) groups excluding carboxylic acids is 1. The van der Waals surface area contributed by atoms with E-state index in [4.69, 9.17) is 0 Å². The molecule has 0 amide bonds. The first-order valence-corrected chi connectivity index (χ1v) is 5.89. The minimum absolute atomic E-state index is 0.0654. The Morgan fingerprint density at radius 2 is 1.65 bits per heavy atom. The molecule has 92 valence electrons. The Kier molecular flexibility index (Phi) is 4.11. The number of benzene rings is 1. The Labute approximate surface area is 103 Å². The van der Waals surface area contributed by atoms with Crippen LogP contribution in [0.5, 0.6) is 0 Å². The maximum atomic E-state index is 11.5. The van der Waals surface area contributed by atoms with Crippen molar-refractivity contribution in [3.8, 4) is 0 Å². The van der Waals surface area contributed by atoms with E-state index in [1.165, 1.54) is 6.92 Å². The molecular weight excluding hydrogens is 212 g/mol. The predicted octanol–water partition coefficient (Wildman–Crippen LogP) is 3.88. The third kappa shape index (κ3) is 2.76. The summed E-state index contributed by atoms with van der Waals surface area (Å²) in [5, 5.41) is 10.3. The SMILES string of the molecule is CC/C(C(C)=O)=C(/O)c1c(C)cc(C)cc1C. The van der Waals surface area contributed by atoms with Gasteiger partial charge in [0.1, 0.15) is 5.76 Å². The molecule has 1 aromatic rings. The number of aliphatic hydroxyl groups is 1. The van der Waals surface area contributed by atoms with E-state index in [1.807, 2.05) is 39.8 Å². The van der Waals surface area contributed by atoms with Crippen LogP contribution < -0.4 is 0 Å².